The summed E-state index contributed by atoms with van der Waals surface area (Å²) in [5.74, 6) is 0. The van der Waals surface area contributed by atoms with E-state index in [1.54, 1.807) is 0 Å². The van der Waals surface area contributed by atoms with Crippen LogP contribution in [0.15, 0.2) is 0 Å². The highest BCUT2D eigenvalue weighted by Crippen LogP contribution is 2.20. The number of nitrogens with one attached hydrogen (secondary N) is 1. The van der Waals surface area contributed by atoms with Gasteiger partial charge in [0.05, 0.1) is 0 Å². The Morgan fingerprint density at radius 3 is 2.56 bits per heavy atom. The van der Waals surface area contributed by atoms with Crippen molar-refractivity contribution in [1.82, 2.24) is 10.2 Å². The molecule has 1 heterocycles. The molecular formula is C14H30N2. The predicted molar refractivity (Wildman–Crippen MR) is 71.8 cm³/mol. The first kappa shape index (κ1) is 14.0. The normalized spacial score (nSPS) is 25.7. The lowest BCUT2D eigenvalue weighted by molar-refractivity contribution is 0.143. The molecule has 1 aliphatic heterocycles. The highest BCUT2D eigenvalue weighted by Gasteiger charge is 2.24. The van der Waals surface area contributed by atoms with Gasteiger partial charge in [-0.3, -0.25) is 4.90 Å². The second-order valence-corrected chi connectivity index (χ2v) is 6.27. The van der Waals surface area contributed by atoms with E-state index in [-0.39, 0.29) is 0 Å². The summed E-state index contributed by atoms with van der Waals surface area (Å²) >= 11 is 0. The minimum absolute atomic E-state index is 0.367. The molecule has 0 aromatic heterocycles. The predicted octanol–water partition coefficient (Wildman–Crippen LogP) is 2.89. The molecule has 1 N–H and O–H groups in total. The smallest absolute Gasteiger partial charge is 0.0220 e. The van der Waals surface area contributed by atoms with Crippen molar-refractivity contribution in [2.45, 2.75) is 66.0 Å². The Kier molecular flexibility index (Phi) is 5.26. The first-order chi connectivity index (χ1) is 7.45. The molecule has 1 aliphatic rings. The third kappa shape index (κ3) is 4.06. The van der Waals surface area contributed by atoms with E-state index in [4.69, 9.17) is 0 Å². The summed E-state index contributed by atoms with van der Waals surface area (Å²) in [5.41, 5.74) is 0.367. The molecule has 2 atom stereocenters. The summed E-state index contributed by atoms with van der Waals surface area (Å²) in [6.45, 7) is 15.2. The molecule has 0 spiro atoms. The van der Waals surface area contributed by atoms with Crippen molar-refractivity contribution >= 4 is 0 Å². The van der Waals surface area contributed by atoms with Crippen molar-refractivity contribution < 1.29 is 0 Å². The Morgan fingerprint density at radius 2 is 2.00 bits per heavy atom. The number of hydrogen-bond donors (Lipinski definition) is 1. The summed E-state index contributed by atoms with van der Waals surface area (Å²) in [7, 11) is 0. The van der Waals surface area contributed by atoms with Crippen LogP contribution in [0.1, 0.15) is 53.9 Å². The van der Waals surface area contributed by atoms with Gasteiger partial charge in [-0.25, -0.2) is 0 Å². The minimum Gasteiger partial charge on any atom is -0.312 e. The summed E-state index contributed by atoms with van der Waals surface area (Å²) in [5, 5.41) is 3.71. The molecule has 0 radical (unpaired) electrons. The fourth-order valence-electron chi connectivity index (χ4n) is 2.33. The molecule has 0 aromatic rings. The summed E-state index contributed by atoms with van der Waals surface area (Å²) in [4.78, 5) is 2.63. The molecule has 0 aliphatic carbocycles. The van der Waals surface area contributed by atoms with Crippen LogP contribution in [0, 0.1) is 5.41 Å². The first-order valence-corrected chi connectivity index (χ1v) is 6.92. The Morgan fingerprint density at radius 1 is 1.31 bits per heavy atom. The maximum Gasteiger partial charge on any atom is 0.0220 e. The maximum absolute atomic E-state index is 3.71. The zero-order chi connectivity index (χ0) is 12.2. The standard InChI is InChI=1S/C14H30N2/c1-6-16-10-8-7-9-13(16)11-15-12(2)14(3,4)5/h12-13,15H,6-11H2,1-5H3. The Hall–Kier alpha value is -0.0800. The number of rotatable bonds is 4. The maximum atomic E-state index is 3.71. The van der Waals surface area contributed by atoms with E-state index >= 15 is 0 Å². The van der Waals surface area contributed by atoms with Crippen LogP contribution in [-0.2, 0) is 0 Å². The lowest BCUT2D eigenvalue weighted by Crippen LogP contribution is -2.49. The first-order valence-electron chi connectivity index (χ1n) is 6.92. The molecule has 2 nitrogen and oxygen atoms in total. The number of piperidine rings is 1. The van der Waals surface area contributed by atoms with Gasteiger partial charge < -0.3 is 5.32 Å². The molecule has 1 saturated heterocycles. The van der Waals surface area contributed by atoms with Crippen molar-refractivity contribution in [2.24, 2.45) is 5.41 Å². The van der Waals surface area contributed by atoms with Crippen molar-refractivity contribution in [2.75, 3.05) is 19.6 Å². The third-order valence-corrected chi connectivity index (χ3v) is 4.11. The molecular weight excluding hydrogens is 196 g/mol. The number of likely N-dealkylation sites (tertiary alicyclic amines) is 1. The highest BCUT2D eigenvalue weighted by atomic mass is 15.2. The topological polar surface area (TPSA) is 15.3 Å². The average molecular weight is 226 g/mol. The van der Waals surface area contributed by atoms with E-state index in [0.717, 1.165) is 12.6 Å². The second-order valence-electron chi connectivity index (χ2n) is 6.27. The van der Waals surface area contributed by atoms with Gasteiger partial charge in [0, 0.05) is 18.6 Å². The quantitative estimate of drug-likeness (QED) is 0.793. The highest BCUT2D eigenvalue weighted by molar-refractivity contribution is 4.82. The molecule has 1 fully saturated rings. The van der Waals surface area contributed by atoms with E-state index < -0.39 is 0 Å². The molecule has 0 saturated carbocycles. The second kappa shape index (κ2) is 6.02. The SMILES string of the molecule is CCN1CCCCC1CNC(C)C(C)(C)C. The van der Waals surface area contributed by atoms with Gasteiger partial charge in [-0.05, 0) is 38.3 Å². The monoisotopic (exact) mass is 226 g/mol. The molecule has 2 unspecified atom stereocenters. The van der Waals surface area contributed by atoms with Crippen LogP contribution < -0.4 is 5.32 Å². The molecule has 16 heavy (non-hydrogen) atoms. The number of nitrogens with zero attached hydrogens (tertiary/aromatic N) is 1. The lowest BCUT2D eigenvalue weighted by Gasteiger charge is -2.37. The Labute approximate surface area is 102 Å². The summed E-state index contributed by atoms with van der Waals surface area (Å²) < 4.78 is 0. The lowest BCUT2D eigenvalue weighted by atomic mass is 9.88. The van der Waals surface area contributed by atoms with Crippen LogP contribution in [0.5, 0.6) is 0 Å². The van der Waals surface area contributed by atoms with Gasteiger partial charge in [0.1, 0.15) is 0 Å². The average Bonchev–Trinajstić information content (AvgIpc) is 2.24. The van der Waals surface area contributed by atoms with Crippen LogP contribution in [0.3, 0.4) is 0 Å². The van der Waals surface area contributed by atoms with Gasteiger partial charge in [-0.1, -0.05) is 34.1 Å². The van der Waals surface area contributed by atoms with E-state index in [2.05, 4.69) is 44.8 Å². The zero-order valence-electron chi connectivity index (χ0n) is 11.8. The van der Waals surface area contributed by atoms with Gasteiger partial charge in [0.2, 0.25) is 0 Å². The molecule has 2 heteroatoms. The summed E-state index contributed by atoms with van der Waals surface area (Å²) in [6, 6.07) is 1.36. The van der Waals surface area contributed by atoms with Gasteiger partial charge in [0.25, 0.3) is 0 Å². The van der Waals surface area contributed by atoms with Gasteiger partial charge in [-0.15, -0.1) is 0 Å². The van der Waals surface area contributed by atoms with E-state index in [1.807, 2.05) is 0 Å². The number of hydrogen-bond acceptors (Lipinski definition) is 2. The van der Waals surface area contributed by atoms with Crippen LogP contribution in [0.4, 0.5) is 0 Å². The third-order valence-electron chi connectivity index (χ3n) is 4.11. The van der Waals surface area contributed by atoms with E-state index in [0.29, 0.717) is 11.5 Å². The fraction of sp³-hybridized carbons (Fsp3) is 1.00. The molecule has 0 bridgehead atoms. The van der Waals surface area contributed by atoms with Crippen molar-refractivity contribution in [1.29, 1.82) is 0 Å². The van der Waals surface area contributed by atoms with Crippen molar-refractivity contribution in [3.63, 3.8) is 0 Å². The minimum atomic E-state index is 0.367. The van der Waals surface area contributed by atoms with E-state index in [1.165, 1.54) is 32.4 Å². The molecule has 1 rings (SSSR count). The van der Waals surface area contributed by atoms with Crippen LogP contribution in [-0.4, -0.2) is 36.6 Å². The number of likely N-dealkylation sites (N-methyl/N-ethyl adjacent to an activating group) is 1. The molecule has 0 aromatic carbocycles. The van der Waals surface area contributed by atoms with Crippen molar-refractivity contribution in [3.05, 3.63) is 0 Å². The van der Waals surface area contributed by atoms with Crippen LogP contribution in [0.2, 0.25) is 0 Å². The molecule has 0 amide bonds. The summed E-state index contributed by atoms with van der Waals surface area (Å²) in [6.07, 6.45) is 4.17. The molecule has 96 valence electrons. The Bertz CT molecular complexity index is 195. The Balaban J connectivity index is 2.35. The largest absolute Gasteiger partial charge is 0.312 e. The van der Waals surface area contributed by atoms with Crippen LogP contribution >= 0.6 is 0 Å². The fourth-order valence-corrected chi connectivity index (χ4v) is 2.33. The van der Waals surface area contributed by atoms with Gasteiger partial charge in [0.15, 0.2) is 0 Å². The van der Waals surface area contributed by atoms with Crippen molar-refractivity contribution in [3.8, 4) is 0 Å². The van der Waals surface area contributed by atoms with Crippen LogP contribution in [0.25, 0.3) is 0 Å². The zero-order valence-corrected chi connectivity index (χ0v) is 11.8. The van der Waals surface area contributed by atoms with Gasteiger partial charge >= 0.3 is 0 Å². The van der Waals surface area contributed by atoms with E-state index in [9.17, 15) is 0 Å². The van der Waals surface area contributed by atoms with Gasteiger partial charge in [-0.2, -0.15) is 0 Å².